The zero-order valence-electron chi connectivity index (χ0n) is 11.9. The summed E-state index contributed by atoms with van der Waals surface area (Å²) in [6.07, 6.45) is 3.63. The van der Waals surface area contributed by atoms with E-state index in [4.69, 9.17) is 4.74 Å². The van der Waals surface area contributed by atoms with Crippen LogP contribution in [0.4, 0.5) is 0 Å². The summed E-state index contributed by atoms with van der Waals surface area (Å²) in [5.41, 5.74) is 3.68. The van der Waals surface area contributed by atoms with Crippen LogP contribution < -0.4 is 0 Å². The maximum Gasteiger partial charge on any atom is 0.328 e. The summed E-state index contributed by atoms with van der Waals surface area (Å²) in [6.45, 7) is 0.825. The number of hydrogen-bond donors (Lipinski definition) is 1. The molecule has 0 aromatic heterocycles. The van der Waals surface area contributed by atoms with Gasteiger partial charge in [-0.25, -0.2) is 4.79 Å². The maximum atomic E-state index is 12.4. The van der Waals surface area contributed by atoms with Gasteiger partial charge in [0, 0.05) is 6.54 Å². The normalized spacial score (nSPS) is 21.1. The Morgan fingerprint density at radius 3 is 2.90 bits per heavy atom. The topological polar surface area (TPSA) is 66.8 Å². The third-order valence-corrected chi connectivity index (χ3v) is 4.25. The van der Waals surface area contributed by atoms with Crippen LogP contribution >= 0.6 is 0 Å². The van der Waals surface area contributed by atoms with Gasteiger partial charge in [-0.15, -0.1) is 0 Å². The highest BCUT2D eigenvalue weighted by Crippen LogP contribution is 2.23. The Morgan fingerprint density at radius 1 is 1.29 bits per heavy atom. The number of rotatable bonds is 3. The monoisotopic (exact) mass is 289 g/mol. The van der Waals surface area contributed by atoms with Crippen LogP contribution in [0.5, 0.6) is 0 Å². The first-order chi connectivity index (χ1) is 10.1. The van der Waals surface area contributed by atoms with Crippen LogP contribution in [0.3, 0.4) is 0 Å². The number of carboxylic acid groups (broad SMARTS) is 1. The van der Waals surface area contributed by atoms with Gasteiger partial charge in [0.25, 0.3) is 0 Å². The van der Waals surface area contributed by atoms with Gasteiger partial charge in [-0.3, -0.25) is 4.79 Å². The van der Waals surface area contributed by atoms with Gasteiger partial charge in [0.2, 0.25) is 5.91 Å². The molecule has 1 aliphatic heterocycles. The maximum absolute atomic E-state index is 12.4. The molecule has 3 rings (SSSR count). The highest BCUT2D eigenvalue weighted by Gasteiger charge is 2.32. The molecule has 1 amide bonds. The highest BCUT2D eigenvalue weighted by molar-refractivity contribution is 5.85. The fraction of sp³-hybridized carbons (Fsp3) is 0.500. The molecule has 1 aromatic carbocycles. The fourth-order valence-electron chi connectivity index (χ4n) is 3.12. The van der Waals surface area contributed by atoms with Gasteiger partial charge in [0.15, 0.2) is 6.04 Å². The minimum absolute atomic E-state index is 0.0747. The smallest absolute Gasteiger partial charge is 0.328 e. The molecule has 2 aliphatic rings. The van der Waals surface area contributed by atoms with Crippen LogP contribution in [0.25, 0.3) is 0 Å². The molecule has 0 bridgehead atoms. The number of fused-ring (bicyclic) bond motifs is 1. The van der Waals surface area contributed by atoms with Crippen molar-refractivity contribution in [2.75, 3.05) is 19.8 Å². The highest BCUT2D eigenvalue weighted by atomic mass is 16.5. The Hall–Kier alpha value is -1.88. The molecular weight excluding hydrogens is 270 g/mol. The number of amides is 1. The summed E-state index contributed by atoms with van der Waals surface area (Å²) in [4.78, 5) is 25.0. The second kappa shape index (κ2) is 5.85. The average Bonchev–Trinajstić information content (AvgIpc) is 2.94. The van der Waals surface area contributed by atoms with Crippen molar-refractivity contribution < 1.29 is 19.4 Å². The standard InChI is InChI=1S/C16H19NO4/c18-15(17-6-7-21-10-14(17)16(19)20)9-11-4-5-12-2-1-3-13(12)8-11/h4-5,8,14H,1-3,6-7,9-10H2,(H,19,20)/t14-/m1/s1. The van der Waals surface area contributed by atoms with Crippen molar-refractivity contribution in [2.45, 2.75) is 31.7 Å². The number of carbonyl (C=O) groups is 2. The molecule has 1 fully saturated rings. The van der Waals surface area contributed by atoms with Gasteiger partial charge in [-0.05, 0) is 36.0 Å². The molecule has 0 saturated carbocycles. The van der Waals surface area contributed by atoms with Crippen LogP contribution in [0, 0.1) is 0 Å². The summed E-state index contributed by atoms with van der Waals surface area (Å²) in [7, 11) is 0. The number of hydrogen-bond acceptors (Lipinski definition) is 3. The summed E-state index contributed by atoms with van der Waals surface area (Å²) in [5.74, 6) is -1.14. The number of benzene rings is 1. The summed E-state index contributed by atoms with van der Waals surface area (Å²) >= 11 is 0. The predicted molar refractivity (Wildman–Crippen MR) is 76.1 cm³/mol. The van der Waals surface area contributed by atoms with E-state index < -0.39 is 12.0 Å². The number of aryl methyl sites for hydroxylation is 2. The van der Waals surface area contributed by atoms with Crippen molar-refractivity contribution in [3.63, 3.8) is 0 Å². The number of carboxylic acids is 1. The lowest BCUT2D eigenvalue weighted by Gasteiger charge is -2.33. The first-order valence-electron chi connectivity index (χ1n) is 7.36. The number of carbonyl (C=O) groups excluding carboxylic acids is 1. The molecule has 1 atom stereocenters. The fourth-order valence-corrected chi connectivity index (χ4v) is 3.12. The molecule has 1 heterocycles. The lowest BCUT2D eigenvalue weighted by Crippen LogP contribution is -2.53. The SMILES string of the molecule is O=C(O)[C@H]1COCCN1C(=O)Cc1ccc2c(c1)CCC2. The average molecular weight is 289 g/mol. The molecule has 0 unspecified atom stereocenters. The van der Waals surface area contributed by atoms with Crippen molar-refractivity contribution in [3.05, 3.63) is 34.9 Å². The van der Waals surface area contributed by atoms with E-state index in [1.165, 1.54) is 22.4 Å². The predicted octanol–water partition coefficient (Wildman–Crippen LogP) is 1.03. The van der Waals surface area contributed by atoms with Crippen LogP contribution in [0.1, 0.15) is 23.1 Å². The summed E-state index contributed by atoms with van der Waals surface area (Å²) < 4.78 is 5.16. The molecule has 112 valence electrons. The number of aliphatic carboxylic acids is 1. The molecule has 1 saturated heterocycles. The second-order valence-electron chi connectivity index (χ2n) is 5.65. The molecule has 21 heavy (non-hydrogen) atoms. The van der Waals surface area contributed by atoms with E-state index in [2.05, 4.69) is 12.1 Å². The molecule has 5 heteroatoms. The molecule has 5 nitrogen and oxygen atoms in total. The Balaban J connectivity index is 1.71. The van der Waals surface area contributed by atoms with Crippen LogP contribution in [0.2, 0.25) is 0 Å². The van der Waals surface area contributed by atoms with Crippen molar-refractivity contribution in [1.29, 1.82) is 0 Å². The van der Waals surface area contributed by atoms with Crippen molar-refractivity contribution in [3.8, 4) is 0 Å². The van der Waals surface area contributed by atoms with E-state index in [1.54, 1.807) is 0 Å². The van der Waals surface area contributed by atoms with Gasteiger partial charge in [0.1, 0.15) is 0 Å². The van der Waals surface area contributed by atoms with E-state index >= 15 is 0 Å². The minimum Gasteiger partial charge on any atom is -0.480 e. The first kappa shape index (κ1) is 14.1. The van der Waals surface area contributed by atoms with Gasteiger partial charge in [-0.1, -0.05) is 18.2 Å². The summed E-state index contributed by atoms with van der Waals surface area (Å²) in [6, 6.07) is 5.31. The molecule has 0 radical (unpaired) electrons. The van der Waals surface area contributed by atoms with Crippen LogP contribution in [-0.4, -0.2) is 47.7 Å². The Bertz CT molecular complexity index is 569. The van der Waals surface area contributed by atoms with Crippen molar-refractivity contribution in [1.82, 2.24) is 4.90 Å². The molecule has 1 N–H and O–H groups in total. The van der Waals surface area contributed by atoms with Crippen molar-refractivity contribution >= 4 is 11.9 Å². The van der Waals surface area contributed by atoms with E-state index in [0.717, 1.165) is 18.4 Å². The molecule has 0 spiro atoms. The zero-order valence-corrected chi connectivity index (χ0v) is 11.9. The molecule has 1 aromatic rings. The van der Waals surface area contributed by atoms with E-state index in [1.807, 2.05) is 6.07 Å². The Morgan fingerprint density at radius 2 is 2.10 bits per heavy atom. The number of morpholine rings is 1. The van der Waals surface area contributed by atoms with E-state index in [9.17, 15) is 14.7 Å². The number of ether oxygens (including phenoxy) is 1. The second-order valence-corrected chi connectivity index (χ2v) is 5.65. The Labute approximate surface area is 123 Å². The van der Waals surface area contributed by atoms with Crippen LogP contribution in [-0.2, 0) is 33.6 Å². The van der Waals surface area contributed by atoms with Crippen molar-refractivity contribution in [2.24, 2.45) is 0 Å². The van der Waals surface area contributed by atoms with Gasteiger partial charge in [-0.2, -0.15) is 0 Å². The molecular formula is C16H19NO4. The van der Waals surface area contributed by atoms with Gasteiger partial charge < -0.3 is 14.7 Å². The molecule has 1 aliphatic carbocycles. The third-order valence-electron chi connectivity index (χ3n) is 4.25. The van der Waals surface area contributed by atoms with E-state index in [0.29, 0.717) is 13.2 Å². The van der Waals surface area contributed by atoms with Gasteiger partial charge in [0.05, 0.1) is 19.6 Å². The van der Waals surface area contributed by atoms with Gasteiger partial charge >= 0.3 is 5.97 Å². The third kappa shape index (κ3) is 2.93. The quantitative estimate of drug-likeness (QED) is 0.902. The summed E-state index contributed by atoms with van der Waals surface area (Å²) in [5, 5.41) is 9.18. The van der Waals surface area contributed by atoms with Crippen LogP contribution in [0.15, 0.2) is 18.2 Å². The number of nitrogens with zero attached hydrogens (tertiary/aromatic N) is 1. The lowest BCUT2D eigenvalue weighted by molar-refractivity contribution is -0.158. The van der Waals surface area contributed by atoms with E-state index in [-0.39, 0.29) is 18.9 Å². The first-order valence-corrected chi connectivity index (χ1v) is 7.36. The largest absolute Gasteiger partial charge is 0.480 e. The Kier molecular flexibility index (Phi) is 3.92. The zero-order chi connectivity index (χ0) is 14.8. The minimum atomic E-state index is -1.00. The lowest BCUT2D eigenvalue weighted by atomic mass is 10.0.